The van der Waals surface area contributed by atoms with Gasteiger partial charge in [-0.2, -0.15) is 5.10 Å². The van der Waals surface area contributed by atoms with Crippen molar-refractivity contribution in [1.82, 2.24) is 14.7 Å². The Balaban J connectivity index is 1.70. The summed E-state index contributed by atoms with van der Waals surface area (Å²) in [6.45, 7) is 1.78. The Morgan fingerprint density at radius 2 is 1.90 bits per heavy atom. The standard InChI is InChI=1S/C17H23N3O/c21-13-12-19(16-6-4-5-7-16)14-15-10-11-20(18-15)17-8-2-1-3-9-17/h1-3,8-11,16,21H,4-7,12-14H2. The molecule has 0 unspecified atom stereocenters. The second kappa shape index (κ2) is 6.87. The molecule has 1 aromatic carbocycles. The van der Waals surface area contributed by atoms with E-state index in [0.717, 1.165) is 24.5 Å². The number of aliphatic hydroxyl groups is 1. The van der Waals surface area contributed by atoms with Gasteiger partial charge in [0, 0.05) is 25.3 Å². The van der Waals surface area contributed by atoms with E-state index in [2.05, 4.69) is 28.2 Å². The van der Waals surface area contributed by atoms with E-state index in [0.29, 0.717) is 6.04 Å². The summed E-state index contributed by atoms with van der Waals surface area (Å²) in [7, 11) is 0. The summed E-state index contributed by atoms with van der Waals surface area (Å²) in [6, 6.07) is 12.8. The van der Waals surface area contributed by atoms with Gasteiger partial charge in [-0.3, -0.25) is 4.90 Å². The molecule has 1 fully saturated rings. The molecule has 112 valence electrons. The van der Waals surface area contributed by atoms with Crippen LogP contribution in [-0.4, -0.2) is 39.0 Å². The largest absolute Gasteiger partial charge is 0.395 e. The van der Waals surface area contributed by atoms with Gasteiger partial charge in [0.15, 0.2) is 0 Å². The van der Waals surface area contributed by atoms with Crippen LogP contribution >= 0.6 is 0 Å². The van der Waals surface area contributed by atoms with Crippen molar-refractivity contribution < 1.29 is 5.11 Å². The molecule has 4 heteroatoms. The topological polar surface area (TPSA) is 41.3 Å². The molecule has 1 aliphatic rings. The first-order chi connectivity index (χ1) is 10.4. The number of benzene rings is 1. The molecule has 4 nitrogen and oxygen atoms in total. The number of para-hydroxylation sites is 1. The van der Waals surface area contributed by atoms with E-state index < -0.39 is 0 Å². The third-order valence-corrected chi connectivity index (χ3v) is 4.26. The van der Waals surface area contributed by atoms with Crippen LogP contribution in [-0.2, 0) is 6.54 Å². The molecule has 0 aliphatic heterocycles. The zero-order valence-corrected chi connectivity index (χ0v) is 12.4. The maximum Gasteiger partial charge on any atom is 0.0769 e. The van der Waals surface area contributed by atoms with Crippen molar-refractivity contribution in [3.8, 4) is 5.69 Å². The van der Waals surface area contributed by atoms with Gasteiger partial charge < -0.3 is 5.11 Å². The minimum Gasteiger partial charge on any atom is -0.395 e. The van der Waals surface area contributed by atoms with E-state index in [4.69, 9.17) is 0 Å². The normalized spacial score (nSPS) is 15.9. The molecule has 1 N–H and O–H groups in total. The van der Waals surface area contributed by atoms with E-state index in [1.807, 2.05) is 29.1 Å². The van der Waals surface area contributed by atoms with Crippen LogP contribution in [0.3, 0.4) is 0 Å². The molecule has 0 spiro atoms. The zero-order valence-electron chi connectivity index (χ0n) is 12.4. The predicted octanol–water partition coefficient (Wildman–Crippen LogP) is 2.61. The van der Waals surface area contributed by atoms with E-state index in [-0.39, 0.29) is 6.61 Å². The molecule has 1 aromatic heterocycles. The maximum absolute atomic E-state index is 9.29. The van der Waals surface area contributed by atoms with Crippen molar-refractivity contribution in [3.05, 3.63) is 48.3 Å². The first-order valence-corrected chi connectivity index (χ1v) is 7.82. The molecular formula is C17H23N3O. The Morgan fingerprint density at radius 1 is 1.14 bits per heavy atom. The Labute approximate surface area is 126 Å². The second-order valence-electron chi connectivity index (χ2n) is 5.72. The Morgan fingerprint density at radius 3 is 2.62 bits per heavy atom. The SMILES string of the molecule is OCCN(Cc1ccn(-c2ccccc2)n1)C1CCCC1. The van der Waals surface area contributed by atoms with Gasteiger partial charge in [0.05, 0.1) is 18.0 Å². The maximum atomic E-state index is 9.29. The van der Waals surface area contributed by atoms with Crippen molar-refractivity contribution in [2.45, 2.75) is 38.3 Å². The lowest BCUT2D eigenvalue weighted by atomic mass is 10.2. The molecule has 0 bridgehead atoms. The molecule has 1 saturated carbocycles. The first kappa shape index (κ1) is 14.3. The van der Waals surface area contributed by atoms with Gasteiger partial charge in [-0.25, -0.2) is 4.68 Å². The van der Waals surface area contributed by atoms with Crippen LogP contribution in [0.2, 0.25) is 0 Å². The smallest absolute Gasteiger partial charge is 0.0769 e. The number of nitrogens with zero attached hydrogens (tertiary/aromatic N) is 3. The molecule has 0 atom stereocenters. The minimum atomic E-state index is 0.218. The van der Waals surface area contributed by atoms with E-state index in [1.54, 1.807) is 0 Å². The number of rotatable bonds is 6. The Kier molecular flexibility index (Phi) is 4.68. The van der Waals surface area contributed by atoms with Crippen LogP contribution in [0.5, 0.6) is 0 Å². The van der Waals surface area contributed by atoms with Gasteiger partial charge in [-0.1, -0.05) is 31.0 Å². The summed E-state index contributed by atoms with van der Waals surface area (Å²) < 4.78 is 1.92. The third kappa shape index (κ3) is 3.52. The summed E-state index contributed by atoms with van der Waals surface area (Å²) in [5.74, 6) is 0. The third-order valence-electron chi connectivity index (χ3n) is 4.26. The Hall–Kier alpha value is -1.65. The van der Waals surface area contributed by atoms with Crippen molar-refractivity contribution in [2.75, 3.05) is 13.2 Å². The highest BCUT2D eigenvalue weighted by Gasteiger charge is 2.22. The van der Waals surface area contributed by atoms with Crippen LogP contribution < -0.4 is 0 Å². The molecular weight excluding hydrogens is 262 g/mol. The fraction of sp³-hybridized carbons (Fsp3) is 0.471. The highest BCUT2D eigenvalue weighted by molar-refractivity contribution is 5.30. The number of aliphatic hydroxyl groups excluding tert-OH is 1. The molecule has 2 aromatic rings. The lowest BCUT2D eigenvalue weighted by Gasteiger charge is -2.27. The summed E-state index contributed by atoms with van der Waals surface area (Å²) in [5.41, 5.74) is 2.15. The van der Waals surface area contributed by atoms with E-state index >= 15 is 0 Å². The van der Waals surface area contributed by atoms with Gasteiger partial charge in [0.25, 0.3) is 0 Å². The molecule has 0 saturated heterocycles. The lowest BCUT2D eigenvalue weighted by Crippen LogP contribution is -2.35. The van der Waals surface area contributed by atoms with Crippen LogP contribution in [0.25, 0.3) is 5.69 Å². The molecule has 21 heavy (non-hydrogen) atoms. The van der Waals surface area contributed by atoms with Gasteiger partial charge in [0.2, 0.25) is 0 Å². The van der Waals surface area contributed by atoms with Crippen LogP contribution in [0.15, 0.2) is 42.6 Å². The van der Waals surface area contributed by atoms with Crippen LogP contribution in [0.4, 0.5) is 0 Å². The highest BCUT2D eigenvalue weighted by atomic mass is 16.3. The summed E-state index contributed by atoms with van der Waals surface area (Å²) in [6.07, 6.45) is 7.13. The van der Waals surface area contributed by atoms with Crippen molar-refractivity contribution in [2.24, 2.45) is 0 Å². The number of hydrogen-bond donors (Lipinski definition) is 1. The van der Waals surface area contributed by atoms with Gasteiger partial charge in [0.1, 0.15) is 0 Å². The van der Waals surface area contributed by atoms with Gasteiger partial charge in [-0.05, 0) is 31.0 Å². The first-order valence-electron chi connectivity index (χ1n) is 7.82. The number of hydrogen-bond acceptors (Lipinski definition) is 3. The summed E-state index contributed by atoms with van der Waals surface area (Å²) >= 11 is 0. The van der Waals surface area contributed by atoms with E-state index in [1.165, 1.54) is 25.7 Å². The van der Waals surface area contributed by atoms with Gasteiger partial charge in [-0.15, -0.1) is 0 Å². The lowest BCUT2D eigenvalue weighted by molar-refractivity contribution is 0.143. The second-order valence-corrected chi connectivity index (χ2v) is 5.72. The fourth-order valence-electron chi connectivity index (χ4n) is 3.17. The average molecular weight is 285 g/mol. The average Bonchev–Trinajstić information content (AvgIpc) is 3.19. The minimum absolute atomic E-state index is 0.218. The molecule has 3 rings (SSSR count). The molecule has 1 aliphatic carbocycles. The molecule has 0 amide bonds. The van der Waals surface area contributed by atoms with E-state index in [9.17, 15) is 5.11 Å². The summed E-state index contributed by atoms with van der Waals surface area (Å²) in [5, 5.41) is 14.0. The predicted molar refractivity (Wildman–Crippen MR) is 83.3 cm³/mol. The summed E-state index contributed by atoms with van der Waals surface area (Å²) in [4.78, 5) is 2.38. The molecule has 1 heterocycles. The van der Waals surface area contributed by atoms with Gasteiger partial charge >= 0.3 is 0 Å². The fourth-order valence-corrected chi connectivity index (χ4v) is 3.17. The van der Waals surface area contributed by atoms with Crippen molar-refractivity contribution in [1.29, 1.82) is 0 Å². The Bertz CT molecular complexity index is 546. The van der Waals surface area contributed by atoms with Crippen LogP contribution in [0.1, 0.15) is 31.4 Å². The van der Waals surface area contributed by atoms with Crippen molar-refractivity contribution in [3.63, 3.8) is 0 Å². The highest BCUT2D eigenvalue weighted by Crippen LogP contribution is 2.24. The molecule has 0 radical (unpaired) electrons. The number of aromatic nitrogens is 2. The monoisotopic (exact) mass is 285 g/mol. The van der Waals surface area contributed by atoms with Crippen molar-refractivity contribution >= 4 is 0 Å². The van der Waals surface area contributed by atoms with Crippen LogP contribution in [0, 0.1) is 0 Å². The quantitative estimate of drug-likeness (QED) is 0.887. The zero-order chi connectivity index (χ0) is 14.5.